The molecule has 5 rings (SSSR count). The lowest BCUT2D eigenvalue weighted by atomic mass is 10.1. The molecule has 0 aliphatic carbocycles. The van der Waals surface area contributed by atoms with Crippen LogP contribution in [0.4, 0.5) is 0 Å². The van der Waals surface area contributed by atoms with Crippen molar-refractivity contribution >= 4 is 39.9 Å². The summed E-state index contributed by atoms with van der Waals surface area (Å²) in [4.78, 5) is 16.9. The molecule has 2 aromatic heterocycles. The number of piperidine rings is 1. The normalized spacial score (nSPS) is 14.9. The Hall–Kier alpha value is -3.58. The van der Waals surface area contributed by atoms with Crippen molar-refractivity contribution in [1.29, 1.82) is 5.26 Å². The van der Waals surface area contributed by atoms with Crippen LogP contribution in [0.25, 0.3) is 16.0 Å². The monoisotopic (exact) mass is 521 g/mol. The maximum Gasteiger partial charge on any atom is 0.262 e. The Balaban J connectivity index is 1.43. The molecule has 0 bridgehead atoms. The molecule has 0 spiro atoms. The number of hydrogen-bond donors (Lipinski definition) is 2. The number of nitrogens with one attached hydrogen (secondary N) is 1. The second-order valence-corrected chi connectivity index (χ2v) is 9.97. The number of benzene rings is 2. The number of nitrogens with zero attached hydrogens (tertiary/aromatic N) is 3. The molecule has 1 saturated heterocycles. The highest BCUT2D eigenvalue weighted by molar-refractivity contribution is 7.16. The van der Waals surface area contributed by atoms with Crippen molar-refractivity contribution in [3.8, 4) is 22.6 Å². The van der Waals surface area contributed by atoms with E-state index in [0.29, 0.717) is 27.1 Å². The molecule has 0 radical (unpaired) electrons. The summed E-state index contributed by atoms with van der Waals surface area (Å²) in [5.74, 6) is 0.384. The SMILES string of the molecule is CC(Oc1cc(-n2cnc3ccc(C#N)cc32)sc1C(N)=O)c1cccc(OC2CCNCC2)c1Cl. The molecule has 0 saturated carbocycles. The molecule has 2 aromatic carbocycles. The second-order valence-electron chi connectivity index (χ2n) is 8.56. The Kier molecular flexibility index (Phi) is 6.83. The highest BCUT2D eigenvalue weighted by Gasteiger charge is 2.23. The summed E-state index contributed by atoms with van der Waals surface area (Å²) in [7, 11) is 0. The number of carbonyl (C=O) groups is 1. The zero-order valence-electron chi connectivity index (χ0n) is 19.5. The number of nitrogens with two attached hydrogens (primary N) is 1. The molecule has 1 amide bonds. The number of nitriles is 1. The van der Waals surface area contributed by atoms with Gasteiger partial charge in [-0.15, -0.1) is 11.3 Å². The summed E-state index contributed by atoms with van der Waals surface area (Å²) in [6.07, 6.45) is 3.13. The van der Waals surface area contributed by atoms with Gasteiger partial charge in [-0.05, 0) is 57.1 Å². The Morgan fingerprint density at radius 3 is 2.83 bits per heavy atom. The van der Waals surface area contributed by atoms with Gasteiger partial charge in [0.2, 0.25) is 0 Å². The van der Waals surface area contributed by atoms with Crippen molar-refractivity contribution in [2.24, 2.45) is 5.73 Å². The summed E-state index contributed by atoms with van der Waals surface area (Å²) in [5, 5.41) is 13.8. The highest BCUT2D eigenvalue weighted by Crippen LogP contribution is 2.39. The quantitative estimate of drug-likeness (QED) is 0.354. The van der Waals surface area contributed by atoms with Crippen molar-refractivity contribution in [3.05, 3.63) is 69.8 Å². The minimum Gasteiger partial charge on any atom is -0.489 e. The number of fused-ring (bicyclic) bond motifs is 1. The number of aromatic nitrogens is 2. The molecule has 1 fully saturated rings. The van der Waals surface area contributed by atoms with E-state index < -0.39 is 12.0 Å². The van der Waals surface area contributed by atoms with Gasteiger partial charge in [0.1, 0.15) is 39.9 Å². The van der Waals surface area contributed by atoms with E-state index in [2.05, 4.69) is 16.4 Å². The number of thiophene rings is 1. The van der Waals surface area contributed by atoms with E-state index >= 15 is 0 Å². The van der Waals surface area contributed by atoms with Gasteiger partial charge in [-0.2, -0.15) is 5.26 Å². The van der Waals surface area contributed by atoms with E-state index in [1.807, 2.05) is 29.7 Å². The second kappa shape index (κ2) is 10.2. The zero-order valence-corrected chi connectivity index (χ0v) is 21.1. The van der Waals surface area contributed by atoms with Crippen LogP contribution in [-0.2, 0) is 0 Å². The van der Waals surface area contributed by atoms with Crippen molar-refractivity contribution in [2.45, 2.75) is 32.0 Å². The van der Waals surface area contributed by atoms with Crippen LogP contribution in [0.15, 0.2) is 48.8 Å². The lowest BCUT2D eigenvalue weighted by Crippen LogP contribution is -2.34. The number of primary amides is 1. The van der Waals surface area contributed by atoms with Crippen molar-refractivity contribution < 1.29 is 14.3 Å². The van der Waals surface area contributed by atoms with Crippen LogP contribution in [-0.4, -0.2) is 34.7 Å². The van der Waals surface area contributed by atoms with Gasteiger partial charge < -0.3 is 20.5 Å². The minimum atomic E-state index is -0.593. The van der Waals surface area contributed by atoms with Gasteiger partial charge in [-0.25, -0.2) is 4.98 Å². The molecule has 1 aliphatic rings. The fourth-order valence-corrected chi connectivity index (χ4v) is 5.52. The first-order valence-electron chi connectivity index (χ1n) is 11.6. The molecule has 3 N–H and O–H groups in total. The molecule has 36 heavy (non-hydrogen) atoms. The average Bonchev–Trinajstić information content (AvgIpc) is 3.49. The third-order valence-electron chi connectivity index (χ3n) is 6.14. The van der Waals surface area contributed by atoms with E-state index in [9.17, 15) is 10.1 Å². The van der Waals surface area contributed by atoms with Gasteiger partial charge in [0, 0.05) is 11.6 Å². The third-order valence-corrected chi connectivity index (χ3v) is 7.67. The van der Waals surface area contributed by atoms with Crippen molar-refractivity contribution in [1.82, 2.24) is 14.9 Å². The van der Waals surface area contributed by atoms with Crippen LogP contribution in [0.1, 0.15) is 46.7 Å². The molecular weight excluding hydrogens is 498 g/mol. The lowest BCUT2D eigenvalue weighted by molar-refractivity contribution is 0.0998. The van der Waals surface area contributed by atoms with E-state index in [4.69, 9.17) is 26.8 Å². The topological polar surface area (TPSA) is 115 Å². The number of imidazole rings is 1. The van der Waals surface area contributed by atoms with Gasteiger partial charge in [0.05, 0.1) is 27.7 Å². The average molecular weight is 522 g/mol. The Bertz CT molecular complexity index is 1470. The van der Waals surface area contributed by atoms with Gasteiger partial charge in [-0.1, -0.05) is 23.7 Å². The number of halogens is 1. The lowest BCUT2D eigenvalue weighted by Gasteiger charge is -2.25. The summed E-state index contributed by atoms with van der Waals surface area (Å²) >= 11 is 7.92. The van der Waals surface area contributed by atoms with Gasteiger partial charge in [-0.3, -0.25) is 9.36 Å². The van der Waals surface area contributed by atoms with Crippen LogP contribution in [0, 0.1) is 11.3 Å². The maximum absolute atomic E-state index is 12.3. The number of amides is 1. The van der Waals surface area contributed by atoms with E-state index in [-0.39, 0.29) is 11.0 Å². The van der Waals surface area contributed by atoms with Crippen molar-refractivity contribution in [3.63, 3.8) is 0 Å². The van der Waals surface area contributed by atoms with E-state index in [1.165, 1.54) is 11.3 Å². The third kappa shape index (κ3) is 4.75. The molecule has 1 aliphatic heterocycles. The Morgan fingerprint density at radius 2 is 2.08 bits per heavy atom. The smallest absolute Gasteiger partial charge is 0.262 e. The molecular formula is C26H24ClN5O3S. The number of rotatable bonds is 7. The minimum absolute atomic E-state index is 0.114. The molecule has 10 heteroatoms. The van der Waals surface area contributed by atoms with Crippen LogP contribution in [0.3, 0.4) is 0 Å². The van der Waals surface area contributed by atoms with Gasteiger partial charge in [0.15, 0.2) is 0 Å². The first-order chi connectivity index (χ1) is 17.4. The van der Waals surface area contributed by atoms with Gasteiger partial charge >= 0.3 is 0 Å². The number of hydrogen-bond acceptors (Lipinski definition) is 7. The van der Waals surface area contributed by atoms with E-state index in [0.717, 1.165) is 42.5 Å². The van der Waals surface area contributed by atoms with Crippen LogP contribution in [0.2, 0.25) is 5.02 Å². The molecule has 184 valence electrons. The zero-order chi connectivity index (χ0) is 25.2. The predicted molar refractivity (Wildman–Crippen MR) is 139 cm³/mol. The standard InChI is InChI=1S/C26H24ClN5O3S/c1-15(18-3-2-4-21(24(18)27)35-17-7-9-30-10-8-17)34-22-12-23(36-25(22)26(29)33)32-14-31-19-6-5-16(13-28)11-20(19)32/h2-6,11-12,14-15,17,30H,7-10H2,1H3,(H2,29,33). The van der Waals surface area contributed by atoms with Crippen LogP contribution in [0.5, 0.6) is 11.5 Å². The van der Waals surface area contributed by atoms with Crippen molar-refractivity contribution in [2.75, 3.05) is 13.1 Å². The Morgan fingerprint density at radius 1 is 1.28 bits per heavy atom. The predicted octanol–water partition coefficient (Wildman–Crippen LogP) is 4.98. The molecule has 1 unspecified atom stereocenters. The molecule has 3 heterocycles. The fourth-order valence-electron chi connectivity index (χ4n) is 4.27. The van der Waals surface area contributed by atoms with E-state index in [1.54, 1.807) is 30.6 Å². The summed E-state index contributed by atoms with van der Waals surface area (Å²) < 4.78 is 14.2. The molecule has 8 nitrogen and oxygen atoms in total. The Labute approximate surface area is 217 Å². The van der Waals surface area contributed by atoms with Crippen LogP contribution >= 0.6 is 22.9 Å². The number of carbonyl (C=O) groups excluding carboxylic acids is 1. The highest BCUT2D eigenvalue weighted by atomic mass is 35.5. The first-order valence-corrected chi connectivity index (χ1v) is 12.8. The summed E-state index contributed by atoms with van der Waals surface area (Å²) in [5.41, 5.74) is 8.43. The fraction of sp³-hybridized carbons (Fsp3) is 0.269. The summed E-state index contributed by atoms with van der Waals surface area (Å²) in [6.45, 7) is 3.70. The van der Waals surface area contributed by atoms with Gasteiger partial charge in [0.25, 0.3) is 5.91 Å². The number of ether oxygens (including phenoxy) is 2. The maximum atomic E-state index is 12.3. The molecule has 4 aromatic rings. The largest absolute Gasteiger partial charge is 0.489 e. The van der Waals surface area contributed by atoms with Crippen LogP contribution < -0.4 is 20.5 Å². The molecule has 1 atom stereocenters. The first kappa shape index (κ1) is 24.1. The summed E-state index contributed by atoms with van der Waals surface area (Å²) in [6, 6.07) is 14.8.